The van der Waals surface area contributed by atoms with Gasteiger partial charge in [-0.25, -0.2) is 0 Å². The second-order valence-electron chi connectivity index (χ2n) is 2.96. The molecule has 0 aromatic carbocycles. The van der Waals surface area contributed by atoms with E-state index in [2.05, 4.69) is 6.92 Å². The Balaban J connectivity index is 0.000000810. The monoisotopic (exact) mass is 181 g/mol. The maximum atomic E-state index is 5.58. The summed E-state index contributed by atoms with van der Waals surface area (Å²) < 4.78 is 0. The fourth-order valence-corrected chi connectivity index (χ4v) is 1.88. The third-order valence-electron chi connectivity index (χ3n) is 1.43. The summed E-state index contributed by atoms with van der Waals surface area (Å²) in [4.78, 5) is 0. The summed E-state index contributed by atoms with van der Waals surface area (Å²) in [5.74, 6) is 3.53. The molecule has 62 valence electrons. The van der Waals surface area contributed by atoms with Crippen LogP contribution in [0.2, 0.25) is 0 Å². The summed E-state index contributed by atoms with van der Waals surface area (Å²) in [6.07, 6.45) is 2.93. The zero-order valence-electron chi connectivity index (χ0n) is 6.38. The van der Waals surface area contributed by atoms with E-state index in [1.807, 2.05) is 11.8 Å². The smallest absolute Gasteiger partial charge is 0.0101 e. The molecular formula is C7H16ClNS. The van der Waals surface area contributed by atoms with Crippen molar-refractivity contribution in [3.8, 4) is 0 Å². The summed E-state index contributed by atoms with van der Waals surface area (Å²) in [7, 11) is 0. The lowest BCUT2D eigenvalue weighted by atomic mass is 10.4. The van der Waals surface area contributed by atoms with Crippen LogP contribution in [0, 0.1) is 5.92 Å². The highest BCUT2D eigenvalue weighted by Gasteiger charge is 2.20. The highest BCUT2D eigenvalue weighted by Crippen LogP contribution is 2.32. The third kappa shape index (κ3) is 5.39. The summed E-state index contributed by atoms with van der Waals surface area (Å²) >= 11 is 2.01. The average Bonchev–Trinajstić information content (AvgIpc) is 2.48. The maximum Gasteiger partial charge on any atom is 0.0101 e. The van der Waals surface area contributed by atoms with Gasteiger partial charge in [0.1, 0.15) is 0 Å². The molecule has 1 rings (SSSR count). The van der Waals surface area contributed by atoms with Crippen molar-refractivity contribution in [2.75, 3.05) is 11.5 Å². The van der Waals surface area contributed by atoms with Crippen LogP contribution in [0.1, 0.15) is 19.8 Å². The molecule has 0 bridgehead atoms. The first-order valence-electron chi connectivity index (χ1n) is 3.62. The summed E-state index contributed by atoms with van der Waals surface area (Å²) in [6.45, 7) is 2.07. The van der Waals surface area contributed by atoms with Crippen molar-refractivity contribution in [3.05, 3.63) is 0 Å². The van der Waals surface area contributed by atoms with Gasteiger partial charge in [0.25, 0.3) is 0 Å². The van der Waals surface area contributed by atoms with Crippen LogP contribution in [-0.2, 0) is 0 Å². The number of hydrogen-bond acceptors (Lipinski definition) is 2. The topological polar surface area (TPSA) is 26.0 Å². The predicted octanol–water partition coefficient (Wildman–Crippen LogP) is 1.90. The number of thioether (sulfide) groups is 1. The van der Waals surface area contributed by atoms with Gasteiger partial charge in [-0.05, 0) is 31.4 Å². The number of hydrogen-bond donors (Lipinski definition) is 1. The Bertz CT molecular complexity index is 81.7. The number of rotatable bonds is 4. The number of halogens is 1. The van der Waals surface area contributed by atoms with Crippen molar-refractivity contribution in [2.45, 2.75) is 25.8 Å². The quantitative estimate of drug-likeness (QED) is 0.717. The predicted molar refractivity (Wildman–Crippen MR) is 50.9 cm³/mol. The molecule has 1 nitrogen and oxygen atoms in total. The normalized spacial score (nSPS) is 19.8. The summed E-state index contributed by atoms with van der Waals surface area (Å²) in [5, 5.41) is 0. The van der Waals surface area contributed by atoms with Gasteiger partial charge >= 0.3 is 0 Å². The molecule has 2 N–H and O–H groups in total. The molecule has 0 aromatic rings. The van der Waals surface area contributed by atoms with Crippen LogP contribution in [0.5, 0.6) is 0 Å². The molecule has 1 atom stereocenters. The van der Waals surface area contributed by atoms with Crippen molar-refractivity contribution in [1.82, 2.24) is 0 Å². The van der Waals surface area contributed by atoms with E-state index >= 15 is 0 Å². The van der Waals surface area contributed by atoms with Crippen LogP contribution in [0.3, 0.4) is 0 Å². The minimum Gasteiger partial charge on any atom is -0.327 e. The van der Waals surface area contributed by atoms with Crippen LogP contribution in [0.4, 0.5) is 0 Å². The van der Waals surface area contributed by atoms with Crippen molar-refractivity contribution >= 4 is 24.2 Å². The standard InChI is InChI=1S/C7H15NS.ClH/c1-6(8)4-9-5-7-2-3-7;/h6-7H,2-5,8H2,1H3;1H/t6-;/m1./s1. The minimum atomic E-state index is 0. The molecule has 0 amide bonds. The van der Waals surface area contributed by atoms with Gasteiger partial charge in [0.2, 0.25) is 0 Å². The Morgan fingerprint density at radius 1 is 1.60 bits per heavy atom. The van der Waals surface area contributed by atoms with Crippen LogP contribution < -0.4 is 5.73 Å². The van der Waals surface area contributed by atoms with E-state index in [4.69, 9.17) is 5.73 Å². The van der Waals surface area contributed by atoms with Crippen LogP contribution in [0.25, 0.3) is 0 Å². The molecule has 0 spiro atoms. The lowest BCUT2D eigenvalue weighted by Gasteiger charge is -2.02. The Kier molecular flexibility index (Phi) is 5.59. The first-order chi connectivity index (χ1) is 4.29. The molecule has 3 heteroatoms. The molecule has 1 fully saturated rings. The summed E-state index contributed by atoms with van der Waals surface area (Å²) in [6, 6.07) is 0.383. The van der Waals surface area contributed by atoms with E-state index in [1.54, 1.807) is 0 Å². The molecular weight excluding hydrogens is 166 g/mol. The molecule has 0 unspecified atom stereocenters. The van der Waals surface area contributed by atoms with Gasteiger partial charge in [0, 0.05) is 11.8 Å². The highest BCUT2D eigenvalue weighted by atomic mass is 35.5. The van der Waals surface area contributed by atoms with E-state index in [0.29, 0.717) is 6.04 Å². The fourth-order valence-electron chi connectivity index (χ4n) is 0.705. The Morgan fingerprint density at radius 3 is 2.60 bits per heavy atom. The minimum absolute atomic E-state index is 0. The second-order valence-corrected chi connectivity index (χ2v) is 4.03. The van der Waals surface area contributed by atoms with Gasteiger partial charge in [-0.15, -0.1) is 12.4 Å². The number of nitrogens with two attached hydrogens (primary N) is 1. The van der Waals surface area contributed by atoms with E-state index in [1.165, 1.54) is 18.6 Å². The molecule has 1 aliphatic carbocycles. The van der Waals surface area contributed by atoms with Crippen molar-refractivity contribution in [3.63, 3.8) is 0 Å². The van der Waals surface area contributed by atoms with Gasteiger partial charge < -0.3 is 5.73 Å². The molecule has 1 aliphatic rings. The van der Waals surface area contributed by atoms with E-state index in [9.17, 15) is 0 Å². The lowest BCUT2D eigenvalue weighted by Crippen LogP contribution is -2.17. The van der Waals surface area contributed by atoms with Crippen molar-refractivity contribution in [1.29, 1.82) is 0 Å². The fraction of sp³-hybridized carbons (Fsp3) is 1.00. The molecule has 1 saturated carbocycles. The van der Waals surface area contributed by atoms with E-state index in [0.717, 1.165) is 11.7 Å². The van der Waals surface area contributed by atoms with Gasteiger partial charge in [-0.1, -0.05) is 0 Å². The Labute approximate surface area is 73.5 Å². The van der Waals surface area contributed by atoms with Gasteiger partial charge in [0.05, 0.1) is 0 Å². The van der Waals surface area contributed by atoms with Crippen LogP contribution in [-0.4, -0.2) is 17.5 Å². The third-order valence-corrected chi connectivity index (χ3v) is 2.90. The van der Waals surface area contributed by atoms with Gasteiger partial charge in [-0.3, -0.25) is 0 Å². The van der Waals surface area contributed by atoms with Gasteiger partial charge in [0.15, 0.2) is 0 Å². The van der Waals surface area contributed by atoms with Crippen LogP contribution >= 0.6 is 24.2 Å². The highest BCUT2D eigenvalue weighted by molar-refractivity contribution is 7.99. The molecule has 0 heterocycles. The van der Waals surface area contributed by atoms with Crippen LogP contribution in [0.15, 0.2) is 0 Å². The van der Waals surface area contributed by atoms with E-state index in [-0.39, 0.29) is 12.4 Å². The first-order valence-corrected chi connectivity index (χ1v) is 4.78. The lowest BCUT2D eigenvalue weighted by molar-refractivity contribution is 0.844. The Morgan fingerprint density at radius 2 is 2.20 bits per heavy atom. The second kappa shape index (κ2) is 5.28. The molecule has 0 radical (unpaired) electrons. The molecule has 10 heavy (non-hydrogen) atoms. The van der Waals surface area contributed by atoms with Crippen molar-refractivity contribution < 1.29 is 0 Å². The largest absolute Gasteiger partial charge is 0.327 e. The Hall–Kier alpha value is 0.600. The molecule has 0 aliphatic heterocycles. The van der Waals surface area contributed by atoms with Crippen molar-refractivity contribution in [2.24, 2.45) is 11.7 Å². The molecule has 0 aromatic heterocycles. The van der Waals surface area contributed by atoms with Gasteiger partial charge in [-0.2, -0.15) is 11.8 Å². The summed E-state index contributed by atoms with van der Waals surface area (Å²) in [5.41, 5.74) is 5.58. The average molecular weight is 182 g/mol. The zero-order chi connectivity index (χ0) is 6.69. The maximum absolute atomic E-state index is 5.58. The van der Waals surface area contributed by atoms with E-state index < -0.39 is 0 Å². The SMILES string of the molecule is C[C@@H](N)CSCC1CC1.Cl. The first kappa shape index (κ1) is 10.6. The zero-order valence-corrected chi connectivity index (χ0v) is 8.01. The molecule has 0 saturated heterocycles.